The summed E-state index contributed by atoms with van der Waals surface area (Å²) in [4.78, 5) is 18.8. The standard InChI is InChI=1S/C22H30N4OS/c1-4-26-11-5-7-18(26)15-25(16-19-8-6-12-28-19)14-17-9-10-20-21(13-17)24(3)22(27)23(20)2/h6,8-10,12-13,18H,4-5,7,11,14-16H2,1-3H3/t18-/m0/s1. The molecule has 1 aromatic carbocycles. The van der Waals surface area contributed by atoms with Crippen LogP contribution in [0.5, 0.6) is 0 Å². The lowest BCUT2D eigenvalue weighted by atomic mass is 10.1. The van der Waals surface area contributed by atoms with Crippen LogP contribution in [0.25, 0.3) is 11.0 Å². The molecule has 4 rings (SSSR count). The SMILES string of the molecule is CCN1CCC[C@H]1CN(Cc1ccc2c(c1)n(C)c(=O)n2C)Cc1cccs1. The lowest BCUT2D eigenvalue weighted by molar-refractivity contribution is 0.167. The molecular weight excluding hydrogens is 368 g/mol. The Kier molecular flexibility index (Phi) is 5.71. The van der Waals surface area contributed by atoms with Crippen LogP contribution in [0.2, 0.25) is 0 Å². The number of hydrogen-bond acceptors (Lipinski definition) is 4. The van der Waals surface area contributed by atoms with Gasteiger partial charge < -0.3 is 0 Å². The Labute approximate surface area is 170 Å². The fourth-order valence-electron chi connectivity index (χ4n) is 4.53. The maximum atomic E-state index is 12.2. The minimum absolute atomic E-state index is 0.0344. The monoisotopic (exact) mass is 398 g/mol. The predicted octanol–water partition coefficient (Wildman–Crippen LogP) is 3.43. The number of benzene rings is 1. The van der Waals surface area contributed by atoms with Gasteiger partial charge >= 0.3 is 5.69 Å². The van der Waals surface area contributed by atoms with Gasteiger partial charge in [0, 0.05) is 44.6 Å². The molecular formula is C22H30N4OS. The number of likely N-dealkylation sites (tertiary alicyclic amines) is 1. The maximum absolute atomic E-state index is 12.2. The Morgan fingerprint density at radius 3 is 2.71 bits per heavy atom. The summed E-state index contributed by atoms with van der Waals surface area (Å²) in [7, 11) is 3.70. The van der Waals surface area contributed by atoms with E-state index in [1.807, 2.05) is 25.4 Å². The third kappa shape index (κ3) is 3.81. The van der Waals surface area contributed by atoms with Gasteiger partial charge in [-0.1, -0.05) is 19.1 Å². The minimum atomic E-state index is 0.0344. The van der Waals surface area contributed by atoms with Crippen LogP contribution in [0, 0.1) is 0 Å². The van der Waals surface area contributed by atoms with Crippen molar-refractivity contribution < 1.29 is 0 Å². The molecule has 0 spiro atoms. The van der Waals surface area contributed by atoms with Gasteiger partial charge in [-0.2, -0.15) is 0 Å². The molecule has 1 atom stereocenters. The lowest BCUT2D eigenvalue weighted by Crippen LogP contribution is -2.39. The molecule has 0 aliphatic carbocycles. The fraction of sp³-hybridized carbons (Fsp3) is 0.500. The Balaban J connectivity index is 1.58. The zero-order valence-electron chi connectivity index (χ0n) is 17.1. The molecule has 0 N–H and O–H groups in total. The van der Waals surface area contributed by atoms with Crippen LogP contribution in [0.1, 0.15) is 30.2 Å². The summed E-state index contributed by atoms with van der Waals surface area (Å²) in [5.41, 5.74) is 3.31. The number of likely N-dealkylation sites (N-methyl/N-ethyl adjacent to an activating group) is 1. The molecule has 28 heavy (non-hydrogen) atoms. The lowest BCUT2D eigenvalue weighted by Gasteiger charge is -2.30. The first kappa shape index (κ1) is 19.4. The average molecular weight is 399 g/mol. The Morgan fingerprint density at radius 2 is 1.96 bits per heavy atom. The van der Waals surface area contributed by atoms with Gasteiger partial charge in [-0.15, -0.1) is 11.3 Å². The summed E-state index contributed by atoms with van der Waals surface area (Å²) in [5.74, 6) is 0. The van der Waals surface area contributed by atoms with E-state index in [2.05, 4.69) is 52.4 Å². The van der Waals surface area contributed by atoms with Gasteiger partial charge in [0.05, 0.1) is 11.0 Å². The molecule has 3 aromatic rings. The van der Waals surface area contributed by atoms with E-state index in [1.54, 1.807) is 9.13 Å². The van der Waals surface area contributed by atoms with E-state index < -0.39 is 0 Å². The van der Waals surface area contributed by atoms with Gasteiger partial charge in [0.25, 0.3) is 0 Å². The second-order valence-electron chi connectivity index (χ2n) is 7.90. The molecule has 3 heterocycles. The van der Waals surface area contributed by atoms with E-state index >= 15 is 0 Å². The minimum Gasteiger partial charge on any atom is -0.299 e. The van der Waals surface area contributed by atoms with Crippen molar-refractivity contribution in [2.75, 3.05) is 19.6 Å². The highest BCUT2D eigenvalue weighted by atomic mass is 32.1. The smallest absolute Gasteiger partial charge is 0.299 e. The second kappa shape index (κ2) is 8.23. The van der Waals surface area contributed by atoms with Crippen molar-refractivity contribution in [3.8, 4) is 0 Å². The first-order valence-corrected chi connectivity index (χ1v) is 11.1. The Morgan fingerprint density at radius 1 is 1.14 bits per heavy atom. The van der Waals surface area contributed by atoms with Gasteiger partial charge in [-0.25, -0.2) is 4.79 Å². The Hall–Kier alpha value is -1.89. The van der Waals surface area contributed by atoms with Gasteiger partial charge in [0.15, 0.2) is 0 Å². The van der Waals surface area contributed by atoms with Crippen molar-refractivity contribution in [2.45, 2.75) is 38.9 Å². The molecule has 0 radical (unpaired) electrons. The summed E-state index contributed by atoms with van der Waals surface area (Å²) in [6, 6.07) is 11.5. The molecule has 0 unspecified atom stereocenters. The first-order valence-electron chi connectivity index (χ1n) is 10.2. The summed E-state index contributed by atoms with van der Waals surface area (Å²) in [6.45, 7) is 7.62. The molecule has 6 heteroatoms. The van der Waals surface area contributed by atoms with Gasteiger partial charge in [0.1, 0.15) is 0 Å². The van der Waals surface area contributed by atoms with Gasteiger partial charge in [0.2, 0.25) is 0 Å². The van der Waals surface area contributed by atoms with E-state index in [-0.39, 0.29) is 5.69 Å². The summed E-state index contributed by atoms with van der Waals surface area (Å²) >= 11 is 1.83. The number of fused-ring (bicyclic) bond motifs is 1. The second-order valence-corrected chi connectivity index (χ2v) is 8.93. The van der Waals surface area contributed by atoms with Crippen LogP contribution >= 0.6 is 11.3 Å². The van der Waals surface area contributed by atoms with Crippen LogP contribution < -0.4 is 5.69 Å². The van der Waals surface area contributed by atoms with E-state index in [9.17, 15) is 4.79 Å². The molecule has 0 bridgehead atoms. The fourth-order valence-corrected chi connectivity index (χ4v) is 5.28. The van der Waals surface area contributed by atoms with Crippen LogP contribution in [-0.2, 0) is 27.2 Å². The number of hydrogen-bond donors (Lipinski definition) is 0. The largest absolute Gasteiger partial charge is 0.328 e. The number of aromatic nitrogens is 2. The molecule has 1 aliphatic heterocycles. The number of aryl methyl sites for hydroxylation is 2. The third-order valence-corrected chi connectivity index (χ3v) is 6.94. The van der Waals surface area contributed by atoms with Crippen LogP contribution in [0.3, 0.4) is 0 Å². The average Bonchev–Trinajstić information content (AvgIpc) is 3.41. The molecule has 5 nitrogen and oxygen atoms in total. The predicted molar refractivity (Wildman–Crippen MR) is 117 cm³/mol. The van der Waals surface area contributed by atoms with E-state index in [1.165, 1.54) is 29.8 Å². The van der Waals surface area contributed by atoms with Crippen LogP contribution in [-0.4, -0.2) is 44.6 Å². The number of nitrogens with zero attached hydrogens (tertiary/aromatic N) is 4. The highest BCUT2D eigenvalue weighted by Crippen LogP contribution is 2.22. The van der Waals surface area contributed by atoms with Crippen molar-refractivity contribution in [3.05, 3.63) is 56.6 Å². The molecule has 0 saturated carbocycles. The maximum Gasteiger partial charge on any atom is 0.328 e. The quantitative estimate of drug-likeness (QED) is 0.611. The molecule has 1 aliphatic rings. The summed E-state index contributed by atoms with van der Waals surface area (Å²) in [5, 5.41) is 2.16. The highest BCUT2D eigenvalue weighted by Gasteiger charge is 2.25. The molecule has 2 aromatic heterocycles. The van der Waals surface area contributed by atoms with Crippen LogP contribution in [0.4, 0.5) is 0 Å². The third-order valence-electron chi connectivity index (χ3n) is 6.08. The number of imidazole rings is 1. The first-order chi connectivity index (χ1) is 13.6. The topological polar surface area (TPSA) is 33.4 Å². The molecule has 1 fully saturated rings. The molecule has 150 valence electrons. The van der Waals surface area contributed by atoms with Crippen molar-refractivity contribution in [1.82, 2.24) is 18.9 Å². The highest BCUT2D eigenvalue weighted by molar-refractivity contribution is 7.09. The van der Waals surface area contributed by atoms with E-state index in [4.69, 9.17) is 0 Å². The van der Waals surface area contributed by atoms with Gasteiger partial charge in [-0.3, -0.25) is 18.9 Å². The van der Waals surface area contributed by atoms with Crippen molar-refractivity contribution >= 4 is 22.4 Å². The summed E-state index contributed by atoms with van der Waals surface area (Å²) < 4.78 is 3.47. The van der Waals surface area contributed by atoms with Crippen LogP contribution in [0.15, 0.2) is 40.5 Å². The van der Waals surface area contributed by atoms with E-state index in [0.29, 0.717) is 6.04 Å². The van der Waals surface area contributed by atoms with Crippen molar-refractivity contribution in [3.63, 3.8) is 0 Å². The molecule has 0 amide bonds. The normalized spacial score (nSPS) is 17.9. The Bertz CT molecular complexity index is 988. The zero-order valence-corrected chi connectivity index (χ0v) is 17.9. The van der Waals surface area contributed by atoms with Gasteiger partial charge in [-0.05, 0) is 55.1 Å². The van der Waals surface area contributed by atoms with E-state index in [0.717, 1.165) is 37.2 Å². The van der Waals surface area contributed by atoms with Crippen molar-refractivity contribution in [2.24, 2.45) is 14.1 Å². The zero-order chi connectivity index (χ0) is 19.7. The summed E-state index contributed by atoms with van der Waals surface area (Å²) in [6.07, 6.45) is 2.60. The van der Waals surface area contributed by atoms with Crippen molar-refractivity contribution in [1.29, 1.82) is 0 Å². The number of thiophene rings is 1. The molecule has 1 saturated heterocycles. The number of rotatable bonds is 7.